The molecule has 0 aliphatic carbocycles. The lowest BCUT2D eigenvalue weighted by molar-refractivity contribution is 0.355. The van der Waals surface area contributed by atoms with E-state index in [2.05, 4.69) is 5.32 Å². The predicted molar refractivity (Wildman–Crippen MR) is 38.7 cm³/mol. The lowest BCUT2D eigenvalue weighted by Gasteiger charge is -2.13. The van der Waals surface area contributed by atoms with Crippen LogP contribution in [0.15, 0.2) is 48.2 Å². The number of nitrogens with one attached hydrogen (secondary N) is 1. The van der Waals surface area contributed by atoms with Gasteiger partial charge in [0.25, 0.3) is 0 Å². The molecule has 0 bridgehead atoms. The minimum atomic E-state index is 0.880. The van der Waals surface area contributed by atoms with Gasteiger partial charge >= 0.3 is 0 Å². The molecule has 0 fully saturated rings. The van der Waals surface area contributed by atoms with Gasteiger partial charge in [-0.25, -0.2) is 0 Å². The predicted octanol–water partition coefficient (Wildman–Crippen LogP) is 1.41. The molecule has 10 heavy (non-hydrogen) atoms. The van der Waals surface area contributed by atoms with Crippen LogP contribution < -0.4 is 5.32 Å². The Hall–Kier alpha value is -1.44. The Morgan fingerprint density at radius 1 is 1.40 bits per heavy atom. The molecule has 1 N–H and O–H groups in total. The van der Waals surface area contributed by atoms with Gasteiger partial charge in [0.15, 0.2) is 0 Å². The van der Waals surface area contributed by atoms with Crippen LogP contribution in [0, 0.1) is 0 Å². The first-order chi connectivity index (χ1) is 4.97. The molecular weight excluding hydrogens is 126 g/mol. The molecule has 0 amide bonds. The van der Waals surface area contributed by atoms with Crippen LogP contribution in [-0.2, 0) is 4.74 Å². The topological polar surface area (TPSA) is 21.3 Å². The lowest BCUT2D eigenvalue weighted by atomic mass is 10.1. The summed E-state index contributed by atoms with van der Waals surface area (Å²) in [6.45, 7) is 0. The van der Waals surface area contributed by atoms with E-state index in [0.717, 1.165) is 11.3 Å². The summed E-state index contributed by atoms with van der Waals surface area (Å²) in [6.07, 6.45) is 11.2. The summed E-state index contributed by atoms with van der Waals surface area (Å²) in [5.74, 6) is 0.880. The van der Waals surface area contributed by atoms with Gasteiger partial charge < -0.3 is 10.1 Å². The van der Waals surface area contributed by atoms with Gasteiger partial charge in [-0.05, 0) is 18.2 Å². The van der Waals surface area contributed by atoms with Crippen molar-refractivity contribution in [2.75, 3.05) is 0 Å². The van der Waals surface area contributed by atoms with Crippen molar-refractivity contribution in [3.05, 3.63) is 48.2 Å². The van der Waals surface area contributed by atoms with Crippen molar-refractivity contribution >= 4 is 0 Å². The molecule has 2 nitrogen and oxygen atoms in total. The molecule has 0 radical (unpaired) electrons. The molecular formula is C8H7NO. The van der Waals surface area contributed by atoms with Crippen molar-refractivity contribution in [3.63, 3.8) is 0 Å². The van der Waals surface area contributed by atoms with E-state index >= 15 is 0 Å². The van der Waals surface area contributed by atoms with Gasteiger partial charge in [0.2, 0.25) is 0 Å². The Labute approximate surface area is 59.2 Å². The first-order valence-electron chi connectivity index (χ1n) is 3.13. The second kappa shape index (κ2) is 2.06. The number of hydrogen-bond acceptors (Lipinski definition) is 2. The van der Waals surface area contributed by atoms with Crippen molar-refractivity contribution < 1.29 is 4.74 Å². The minimum Gasteiger partial charge on any atom is -0.463 e. The van der Waals surface area contributed by atoms with Crippen molar-refractivity contribution in [2.24, 2.45) is 0 Å². The van der Waals surface area contributed by atoms with Gasteiger partial charge in [0.05, 0.1) is 6.26 Å². The van der Waals surface area contributed by atoms with E-state index in [0.29, 0.717) is 0 Å². The smallest absolute Gasteiger partial charge is 0.149 e. The van der Waals surface area contributed by atoms with Crippen LogP contribution in [0.3, 0.4) is 0 Å². The first-order valence-corrected chi connectivity index (χ1v) is 3.13. The highest BCUT2D eigenvalue weighted by atomic mass is 16.5. The van der Waals surface area contributed by atoms with Gasteiger partial charge in [-0.3, -0.25) is 0 Å². The van der Waals surface area contributed by atoms with Gasteiger partial charge in [0, 0.05) is 18.0 Å². The van der Waals surface area contributed by atoms with Crippen molar-refractivity contribution in [1.29, 1.82) is 0 Å². The average molecular weight is 133 g/mol. The van der Waals surface area contributed by atoms with Crippen molar-refractivity contribution in [3.8, 4) is 0 Å². The van der Waals surface area contributed by atoms with E-state index < -0.39 is 0 Å². The maximum atomic E-state index is 5.18. The lowest BCUT2D eigenvalue weighted by Crippen LogP contribution is -2.05. The number of hydrogen-bond donors (Lipinski definition) is 1. The average Bonchev–Trinajstić information content (AvgIpc) is 2.05. The molecule has 0 saturated heterocycles. The molecule has 0 aromatic carbocycles. The second-order valence-corrected chi connectivity index (χ2v) is 2.08. The summed E-state index contributed by atoms with van der Waals surface area (Å²) >= 11 is 0. The molecule has 0 spiro atoms. The maximum Gasteiger partial charge on any atom is 0.149 e. The Balaban J connectivity index is 2.39. The molecule has 0 aromatic heterocycles. The third kappa shape index (κ3) is 0.739. The van der Waals surface area contributed by atoms with Gasteiger partial charge in [-0.2, -0.15) is 0 Å². The van der Waals surface area contributed by atoms with Gasteiger partial charge in [-0.1, -0.05) is 0 Å². The second-order valence-electron chi connectivity index (χ2n) is 2.08. The number of dihydropyridines is 1. The number of fused-ring (bicyclic) bond motifs is 1. The number of ether oxygens (including phenoxy) is 1. The van der Waals surface area contributed by atoms with E-state index in [4.69, 9.17) is 4.74 Å². The summed E-state index contributed by atoms with van der Waals surface area (Å²) in [4.78, 5) is 0. The van der Waals surface area contributed by atoms with E-state index in [1.807, 2.05) is 30.6 Å². The zero-order valence-electron chi connectivity index (χ0n) is 5.37. The molecule has 0 saturated carbocycles. The van der Waals surface area contributed by atoms with Crippen LogP contribution in [-0.4, -0.2) is 0 Å². The molecule has 2 aliphatic rings. The van der Waals surface area contributed by atoms with E-state index in [-0.39, 0.29) is 0 Å². The van der Waals surface area contributed by atoms with Crippen LogP contribution in [0.5, 0.6) is 0 Å². The van der Waals surface area contributed by atoms with E-state index in [1.165, 1.54) is 0 Å². The quantitative estimate of drug-likeness (QED) is 0.539. The third-order valence-electron chi connectivity index (χ3n) is 1.41. The maximum absolute atomic E-state index is 5.18. The Morgan fingerprint density at radius 3 is 3.30 bits per heavy atom. The molecule has 2 rings (SSSR count). The fourth-order valence-electron chi connectivity index (χ4n) is 0.922. The monoisotopic (exact) mass is 133 g/mol. The standard InChI is InChI=1S/C8H7NO/c1-2-7-3-4-9-6-8(7)10-5-1/h1-6,9H. The van der Waals surface area contributed by atoms with Crippen LogP contribution in [0.4, 0.5) is 0 Å². The molecule has 50 valence electrons. The molecule has 0 unspecified atom stereocenters. The fourth-order valence-corrected chi connectivity index (χ4v) is 0.922. The normalized spacial score (nSPS) is 20.0. The largest absolute Gasteiger partial charge is 0.463 e. The van der Waals surface area contributed by atoms with Gasteiger partial charge in [0.1, 0.15) is 5.76 Å². The van der Waals surface area contributed by atoms with Gasteiger partial charge in [-0.15, -0.1) is 0 Å². The summed E-state index contributed by atoms with van der Waals surface area (Å²) in [5, 5.41) is 2.94. The summed E-state index contributed by atoms with van der Waals surface area (Å²) in [7, 11) is 0. The zero-order valence-corrected chi connectivity index (χ0v) is 5.37. The highest BCUT2D eigenvalue weighted by molar-refractivity contribution is 5.42. The number of allylic oxidation sites excluding steroid dienone is 3. The highest BCUT2D eigenvalue weighted by Gasteiger charge is 2.06. The minimum absolute atomic E-state index is 0.880. The van der Waals surface area contributed by atoms with E-state index in [9.17, 15) is 0 Å². The highest BCUT2D eigenvalue weighted by Crippen LogP contribution is 2.18. The zero-order chi connectivity index (χ0) is 6.81. The number of rotatable bonds is 0. The SMILES string of the molecule is C1=COC2=CNC=CC2=C1. The van der Waals surface area contributed by atoms with Crippen LogP contribution in [0.1, 0.15) is 0 Å². The molecule has 0 aromatic rings. The summed E-state index contributed by atoms with van der Waals surface area (Å²) < 4.78 is 5.18. The summed E-state index contributed by atoms with van der Waals surface area (Å²) in [6, 6.07) is 0. The van der Waals surface area contributed by atoms with Crippen LogP contribution >= 0.6 is 0 Å². The Morgan fingerprint density at radius 2 is 2.40 bits per heavy atom. The van der Waals surface area contributed by atoms with Crippen LogP contribution in [0.2, 0.25) is 0 Å². The molecule has 2 heteroatoms. The fraction of sp³-hybridized carbons (Fsp3) is 0. The Kier molecular flexibility index (Phi) is 1.10. The van der Waals surface area contributed by atoms with Crippen molar-refractivity contribution in [1.82, 2.24) is 5.32 Å². The van der Waals surface area contributed by atoms with Crippen molar-refractivity contribution in [2.45, 2.75) is 0 Å². The molecule has 2 aliphatic heterocycles. The Bertz CT molecular complexity index is 258. The first kappa shape index (κ1) is 5.35. The van der Waals surface area contributed by atoms with E-state index in [1.54, 1.807) is 6.26 Å². The molecule has 2 heterocycles. The summed E-state index contributed by atoms with van der Waals surface area (Å²) in [5.41, 5.74) is 1.11. The molecule has 0 atom stereocenters. The van der Waals surface area contributed by atoms with Crippen LogP contribution in [0.25, 0.3) is 0 Å². The third-order valence-corrected chi connectivity index (χ3v) is 1.41.